The number of rotatable bonds is 9. The molecule has 0 radical (unpaired) electrons. The van der Waals surface area contributed by atoms with Gasteiger partial charge in [0.2, 0.25) is 0 Å². The maximum absolute atomic E-state index is 12.9. The van der Waals surface area contributed by atoms with Gasteiger partial charge in [-0.3, -0.25) is 9.69 Å². The Hall–Kier alpha value is -2.00. The fourth-order valence-electron chi connectivity index (χ4n) is 4.14. The van der Waals surface area contributed by atoms with Gasteiger partial charge in [-0.15, -0.1) is 11.3 Å². The summed E-state index contributed by atoms with van der Waals surface area (Å²) in [5.74, 6) is 2.05. The summed E-state index contributed by atoms with van der Waals surface area (Å²) in [7, 11) is 0. The molecule has 0 fully saturated rings. The smallest absolute Gasteiger partial charge is 0.259 e. The topological polar surface area (TPSA) is 91.6 Å². The van der Waals surface area contributed by atoms with Crippen LogP contribution in [0.5, 0.6) is 0 Å². The Balaban J connectivity index is 1.56. The zero-order valence-electron chi connectivity index (χ0n) is 18.4. The number of aromatic amines is 1. The van der Waals surface area contributed by atoms with E-state index in [9.17, 15) is 9.90 Å². The average molecular weight is 446 g/mol. The van der Waals surface area contributed by atoms with Gasteiger partial charge >= 0.3 is 0 Å². The van der Waals surface area contributed by atoms with E-state index in [2.05, 4.69) is 11.9 Å². The number of H-pyrrole nitrogens is 1. The van der Waals surface area contributed by atoms with Crippen molar-refractivity contribution in [1.29, 1.82) is 0 Å². The highest BCUT2D eigenvalue weighted by atomic mass is 32.1. The van der Waals surface area contributed by atoms with E-state index in [1.807, 2.05) is 30.9 Å². The highest BCUT2D eigenvalue weighted by Crippen LogP contribution is 2.35. The summed E-state index contributed by atoms with van der Waals surface area (Å²) >= 11 is 1.65. The summed E-state index contributed by atoms with van der Waals surface area (Å²) in [5, 5.41) is 11.2. The van der Waals surface area contributed by atoms with E-state index in [-0.39, 0.29) is 18.3 Å². The zero-order chi connectivity index (χ0) is 22.0. The normalized spacial score (nSPS) is 17.5. The van der Waals surface area contributed by atoms with Gasteiger partial charge in [0.1, 0.15) is 16.4 Å². The van der Waals surface area contributed by atoms with Gasteiger partial charge < -0.3 is 19.2 Å². The highest BCUT2D eigenvalue weighted by molar-refractivity contribution is 7.18. The molecule has 2 N–H and O–H groups in total. The Labute approximate surface area is 186 Å². The molecule has 168 valence electrons. The number of hydrogen-bond donors (Lipinski definition) is 2. The van der Waals surface area contributed by atoms with Crippen LogP contribution in [0.1, 0.15) is 49.2 Å². The maximum atomic E-state index is 12.9. The Kier molecular flexibility index (Phi) is 6.91. The second-order valence-electron chi connectivity index (χ2n) is 8.83. The summed E-state index contributed by atoms with van der Waals surface area (Å²) in [5.41, 5.74) is 1.13. The molecule has 0 aromatic carbocycles. The van der Waals surface area contributed by atoms with Crippen molar-refractivity contribution in [3.05, 3.63) is 50.8 Å². The number of furan rings is 1. The van der Waals surface area contributed by atoms with Crippen molar-refractivity contribution in [3.63, 3.8) is 0 Å². The molecule has 0 saturated heterocycles. The number of fused-ring (bicyclic) bond motifs is 3. The Morgan fingerprint density at radius 2 is 2.26 bits per heavy atom. The van der Waals surface area contributed by atoms with Gasteiger partial charge in [-0.25, -0.2) is 4.98 Å². The molecule has 3 heterocycles. The molecule has 2 atom stereocenters. The van der Waals surface area contributed by atoms with Crippen LogP contribution in [0.15, 0.2) is 27.6 Å². The minimum absolute atomic E-state index is 0.0567. The van der Waals surface area contributed by atoms with E-state index in [0.29, 0.717) is 31.4 Å². The van der Waals surface area contributed by atoms with E-state index in [1.54, 1.807) is 17.6 Å². The number of aromatic nitrogens is 2. The molecule has 0 saturated carbocycles. The fourth-order valence-corrected chi connectivity index (χ4v) is 5.54. The first-order valence-corrected chi connectivity index (χ1v) is 11.8. The number of aliphatic hydroxyl groups excluding tert-OH is 1. The van der Waals surface area contributed by atoms with Crippen molar-refractivity contribution in [1.82, 2.24) is 14.9 Å². The van der Waals surface area contributed by atoms with Crippen LogP contribution >= 0.6 is 11.3 Å². The van der Waals surface area contributed by atoms with Gasteiger partial charge in [-0.05, 0) is 56.7 Å². The molecule has 0 spiro atoms. The van der Waals surface area contributed by atoms with E-state index in [0.717, 1.165) is 35.2 Å². The van der Waals surface area contributed by atoms with Crippen molar-refractivity contribution in [3.8, 4) is 0 Å². The molecular formula is C23H31N3O4S. The quantitative estimate of drug-likeness (QED) is 0.524. The maximum Gasteiger partial charge on any atom is 0.259 e. The molecule has 7 nitrogen and oxygen atoms in total. The number of hydrogen-bond acceptors (Lipinski definition) is 7. The standard InChI is InChI=1S/C23H31N3O4S/c1-14(2)30-13-16(27)10-26(11-17-5-4-8-29-17)12-20-24-22(28)21-18-7-6-15(3)9-19(18)31-23(21)25-20/h4-5,8,14-16,27H,6-7,9-13H2,1-3H3,(H,24,25,28)/t15-,16+/m0/s1. The second kappa shape index (κ2) is 9.65. The van der Waals surface area contributed by atoms with Gasteiger partial charge in [-0.2, -0.15) is 0 Å². The Morgan fingerprint density at radius 1 is 1.42 bits per heavy atom. The lowest BCUT2D eigenvalue weighted by atomic mass is 9.89. The van der Waals surface area contributed by atoms with Crippen LogP contribution in [0, 0.1) is 5.92 Å². The molecule has 0 unspecified atom stereocenters. The number of nitrogens with one attached hydrogen (secondary N) is 1. The summed E-state index contributed by atoms with van der Waals surface area (Å²) in [4.78, 5) is 24.8. The lowest BCUT2D eigenvalue weighted by molar-refractivity contribution is -0.0117. The van der Waals surface area contributed by atoms with Gasteiger partial charge in [-0.1, -0.05) is 6.92 Å². The molecule has 4 rings (SSSR count). The second-order valence-corrected chi connectivity index (χ2v) is 9.91. The van der Waals surface area contributed by atoms with Crippen molar-refractivity contribution in [2.45, 2.75) is 65.3 Å². The molecule has 3 aromatic heterocycles. The van der Waals surface area contributed by atoms with Crippen LogP contribution in [0.4, 0.5) is 0 Å². The van der Waals surface area contributed by atoms with Crippen LogP contribution in [-0.2, 0) is 30.7 Å². The van der Waals surface area contributed by atoms with Crippen molar-refractivity contribution in [2.24, 2.45) is 5.92 Å². The lowest BCUT2D eigenvalue weighted by Gasteiger charge is -2.24. The highest BCUT2D eigenvalue weighted by Gasteiger charge is 2.24. The molecule has 31 heavy (non-hydrogen) atoms. The van der Waals surface area contributed by atoms with Crippen molar-refractivity contribution >= 4 is 21.6 Å². The largest absolute Gasteiger partial charge is 0.468 e. The zero-order valence-corrected chi connectivity index (χ0v) is 19.2. The third-order valence-electron chi connectivity index (χ3n) is 5.64. The average Bonchev–Trinajstić information content (AvgIpc) is 3.33. The monoisotopic (exact) mass is 445 g/mol. The number of ether oxygens (including phenoxy) is 1. The van der Waals surface area contributed by atoms with Gasteiger partial charge in [0.25, 0.3) is 5.56 Å². The molecule has 0 amide bonds. The molecule has 1 aliphatic carbocycles. The fraction of sp³-hybridized carbons (Fsp3) is 0.565. The first kappa shape index (κ1) is 22.2. The van der Waals surface area contributed by atoms with Crippen molar-refractivity contribution < 1.29 is 14.3 Å². The summed E-state index contributed by atoms with van der Waals surface area (Å²) < 4.78 is 11.0. The number of thiophene rings is 1. The number of nitrogens with zero attached hydrogens (tertiary/aromatic N) is 2. The van der Waals surface area contributed by atoms with Gasteiger partial charge in [0, 0.05) is 11.4 Å². The minimum atomic E-state index is -0.650. The number of aryl methyl sites for hydroxylation is 1. The number of aliphatic hydroxyl groups is 1. The van der Waals surface area contributed by atoms with E-state index < -0.39 is 6.10 Å². The van der Waals surface area contributed by atoms with E-state index >= 15 is 0 Å². The third kappa shape index (κ3) is 5.44. The molecule has 1 aliphatic rings. The van der Waals surface area contributed by atoms with Gasteiger partial charge in [0.05, 0.1) is 43.6 Å². The predicted octanol–water partition coefficient (Wildman–Crippen LogP) is 3.49. The lowest BCUT2D eigenvalue weighted by Crippen LogP contribution is -2.35. The Bertz CT molecular complexity index is 1060. The first-order valence-electron chi connectivity index (χ1n) is 11.0. The van der Waals surface area contributed by atoms with Crippen LogP contribution in [0.25, 0.3) is 10.2 Å². The first-order chi connectivity index (χ1) is 14.9. The van der Waals surface area contributed by atoms with Crippen LogP contribution in [0.2, 0.25) is 0 Å². The predicted molar refractivity (Wildman–Crippen MR) is 121 cm³/mol. The molecule has 0 bridgehead atoms. The molecule has 3 aromatic rings. The van der Waals surface area contributed by atoms with E-state index in [4.69, 9.17) is 14.1 Å². The Morgan fingerprint density at radius 3 is 3.00 bits per heavy atom. The summed E-state index contributed by atoms with van der Waals surface area (Å²) in [6, 6.07) is 3.74. The van der Waals surface area contributed by atoms with Crippen LogP contribution in [0.3, 0.4) is 0 Å². The molecular weight excluding hydrogens is 414 g/mol. The summed E-state index contributed by atoms with van der Waals surface area (Å²) in [6.45, 7) is 7.70. The third-order valence-corrected chi connectivity index (χ3v) is 6.79. The van der Waals surface area contributed by atoms with Crippen LogP contribution in [-0.4, -0.2) is 45.3 Å². The minimum Gasteiger partial charge on any atom is -0.468 e. The van der Waals surface area contributed by atoms with Crippen molar-refractivity contribution in [2.75, 3.05) is 13.2 Å². The molecule has 8 heteroatoms. The van der Waals surface area contributed by atoms with E-state index in [1.165, 1.54) is 10.4 Å². The SMILES string of the molecule is CC(C)OC[C@H](O)CN(Cc1nc2sc3c(c2c(=O)[nH]1)CC[C@H](C)C3)Cc1ccco1. The summed E-state index contributed by atoms with van der Waals surface area (Å²) in [6.07, 6.45) is 4.14. The van der Waals surface area contributed by atoms with Gasteiger partial charge in [0.15, 0.2) is 0 Å². The van der Waals surface area contributed by atoms with Crippen LogP contribution < -0.4 is 5.56 Å². The molecule has 0 aliphatic heterocycles.